The number of carbonyl (C=O) groups excluding carboxylic acids is 1. The van der Waals surface area contributed by atoms with Gasteiger partial charge in [0.25, 0.3) is 5.91 Å². The molecule has 0 aliphatic heterocycles. The first-order chi connectivity index (χ1) is 12.1. The van der Waals surface area contributed by atoms with Gasteiger partial charge in [-0.2, -0.15) is 0 Å². The highest BCUT2D eigenvalue weighted by Gasteiger charge is 2.14. The molecule has 3 N–H and O–H groups in total. The van der Waals surface area contributed by atoms with Crippen LogP contribution in [0, 0.1) is 6.92 Å². The molecule has 0 atom stereocenters. The first-order valence-electron chi connectivity index (χ1n) is 8.09. The fourth-order valence-electron chi connectivity index (χ4n) is 2.73. The Morgan fingerprint density at radius 2 is 1.84 bits per heavy atom. The van der Waals surface area contributed by atoms with Crippen molar-refractivity contribution in [3.05, 3.63) is 75.2 Å². The second-order valence-electron chi connectivity index (χ2n) is 5.86. The number of fused-ring (bicyclic) bond motifs is 1. The minimum Gasteiger partial charge on any atom is -0.348 e. The zero-order valence-corrected chi connectivity index (χ0v) is 14.2. The van der Waals surface area contributed by atoms with E-state index in [1.165, 1.54) is 6.20 Å². The molecule has 1 amide bonds. The van der Waals surface area contributed by atoms with Crippen LogP contribution in [0.5, 0.6) is 0 Å². The molecule has 0 aliphatic carbocycles. The molecule has 0 aliphatic rings. The van der Waals surface area contributed by atoms with Crippen molar-refractivity contribution in [2.45, 2.75) is 20.0 Å². The first-order valence-corrected chi connectivity index (χ1v) is 8.09. The number of aromatic nitrogens is 2. The summed E-state index contributed by atoms with van der Waals surface area (Å²) in [5.41, 5.74) is 3.19. The molecule has 0 spiro atoms. The Bertz CT molecular complexity index is 979. The normalized spacial score (nSPS) is 10.8. The number of aromatic amines is 1. The van der Waals surface area contributed by atoms with Gasteiger partial charge < -0.3 is 15.6 Å². The summed E-state index contributed by atoms with van der Waals surface area (Å²) in [6, 6.07) is 11.3. The molecule has 6 heteroatoms. The third-order valence-corrected chi connectivity index (χ3v) is 4.05. The first kappa shape index (κ1) is 16.9. The lowest BCUT2D eigenvalue weighted by atomic mass is 10.1. The Labute approximate surface area is 145 Å². The quantitative estimate of drug-likeness (QED) is 0.664. The third-order valence-electron chi connectivity index (χ3n) is 4.05. The molecular formula is C19H20N4O2. The third kappa shape index (κ3) is 3.59. The summed E-state index contributed by atoms with van der Waals surface area (Å²) in [6.07, 6.45) is 1.42. The number of benzene rings is 1. The summed E-state index contributed by atoms with van der Waals surface area (Å²) < 4.78 is 0. The highest BCUT2D eigenvalue weighted by Crippen LogP contribution is 2.09. The molecule has 25 heavy (non-hydrogen) atoms. The maximum absolute atomic E-state index is 12.5. The molecule has 128 valence electrons. The number of H-pyrrole nitrogens is 1. The number of aryl methyl sites for hydroxylation is 1. The molecule has 3 rings (SSSR count). The topological polar surface area (TPSA) is 86.9 Å². The Morgan fingerprint density at radius 1 is 1.12 bits per heavy atom. The summed E-state index contributed by atoms with van der Waals surface area (Å²) >= 11 is 0. The molecule has 0 unspecified atom stereocenters. The molecular weight excluding hydrogens is 316 g/mol. The van der Waals surface area contributed by atoms with Gasteiger partial charge in [0.2, 0.25) is 5.43 Å². The minimum atomic E-state index is -0.400. The Hall–Kier alpha value is -2.99. The van der Waals surface area contributed by atoms with Gasteiger partial charge in [-0.3, -0.25) is 9.59 Å². The molecule has 2 aromatic heterocycles. The van der Waals surface area contributed by atoms with E-state index < -0.39 is 5.91 Å². The fraction of sp³-hybridized carbons (Fsp3) is 0.211. The number of pyridine rings is 2. The Kier molecular flexibility index (Phi) is 4.90. The molecule has 2 heterocycles. The zero-order valence-electron chi connectivity index (χ0n) is 14.2. The van der Waals surface area contributed by atoms with E-state index in [0.717, 1.165) is 16.8 Å². The number of amides is 1. The van der Waals surface area contributed by atoms with Crippen molar-refractivity contribution in [3.63, 3.8) is 0 Å². The van der Waals surface area contributed by atoms with Crippen molar-refractivity contribution in [2.75, 3.05) is 7.05 Å². The lowest BCUT2D eigenvalue weighted by Crippen LogP contribution is -2.29. The van der Waals surface area contributed by atoms with E-state index in [-0.39, 0.29) is 11.0 Å². The average Bonchev–Trinajstić information content (AvgIpc) is 2.61. The summed E-state index contributed by atoms with van der Waals surface area (Å²) in [5, 5.41) is 6.34. The minimum absolute atomic E-state index is 0.0873. The number of rotatable bonds is 5. The predicted molar refractivity (Wildman–Crippen MR) is 97.5 cm³/mol. The number of hydrogen-bond donors (Lipinski definition) is 3. The summed E-state index contributed by atoms with van der Waals surface area (Å²) in [5.74, 6) is -0.400. The van der Waals surface area contributed by atoms with Crippen molar-refractivity contribution >= 4 is 16.9 Å². The van der Waals surface area contributed by atoms with Gasteiger partial charge in [0.1, 0.15) is 11.2 Å². The Balaban J connectivity index is 1.83. The molecule has 0 fully saturated rings. The van der Waals surface area contributed by atoms with E-state index in [1.54, 1.807) is 12.1 Å². The van der Waals surface area contributed by atoms with Gasteiger partial charge in [0.05, 0.1) is 5.39 Å². The molecule has 3 aromatic rings. The SMILES string of the molecule is CNCc1ccccc1CNC(=O)c1c[nH]c2nc(C)ccc2c1=O. The number of carbonyl (C=O) groups is 1. The Morgan fingerprint density at radius 3 is 2.56 bits per heavy atom. The molecule has 6 nitrogen and oxygen atoms in total. The van der Waals surface area contributed by atoms with Crippen molar-refractivity contribution in [1.82, 2.24) is 20.6 Å². The zero-order chi connectivity index (χ0) is 17.8. The van der Waals surface area contributed by atoms with Crippen molar-refractivity contribution in [1.29, 1.82) is 0 Å². The standard InChI is InChI=1S/C19H20N4O2/c1-12-7-8-15-17(24)16(11-21-18(15)23-12)19(25)22-10-14-6-4-3-5-13(14)9-20-2/h3-8,11,20H,9-10H2,1-2H3,(H,22,25)(H,21,23,24). The lowest BCUT2D eigenvalue weighted by Gasteiger charge is -2.10. The van der Waals surface area contributed by atoms with Crippen LogP contribution in [0.2, 0.25) is 0 Å². The van der Waals surface area contributed by atoms with E-state index in [0.29, 0.717) is 24.1 Å². The molecule has 0 saturated heterocycles. The van der Waals surface area contributed by atoms with Gasteiger partial charge in [-0.25, -0.2) is 4.98 Å². The van der Waals surface area contributed by atoms with E-state index in [4.69, 9.17) is 0 Å². The van der Waals surface area contributed by atoms with E-state index in [1.807, 2.05) is 38.2 Å². The summed E-state index contributed by atoms with van der Waals surface area (Å²) in [4.78, 5) is 32.2. The molecule has 0 saturated carbocycles. The van der Waals surface area contributed by atoms with Crippen LogP contribution in [-0.2, 0) is 13.1 Å². The maximum Gasteiger partial charge on any atom is 0.257 e. The van der Waals surface area contributed by atoms with Gasteiger partial charge in [0.15, 0.2) is 0 Å². The van der Waals surface area contributed by atoms with E-state index in [2.05, 4.69) is 20.6 Å². The van der Waals surface area contributed by atoms with Crippen LogP contribution in [0.3, 0.4) is 0 Å². The van der Waals surface area contributed by atoms with Crippen LogP contribution in [0.25, 0.3) is 11.0 Å². The van der Waals surface area contributed by atoms with Crippen molar-refractivity contribution in [2.24, 2.45) is 0 Å². The smallest absolute Gasteiger partial charge is 0.257 e. The monoisotopic (exact) mass is 336 g/mol. The summed E-state index contributed by atoms with van der Waals surface area (Å²) in [7, 11) is 1.87. The molecule has 0 radical (unpaired) electrons. The number of nitrogens with zero attached hydrogens (tertiary/aromatic N) is 1. The van der Waals surface area contributed by atoms with Crippen LogP contribution >= 0.6 is 0 Å². The van der Waals surface area contributed by atoms with E-state index >= 15 is 0 Å². The van der Waals surface area contributed by atoms with Gasteiger partial charge in [-0.1, -0.05) is 24.3 Å². The van der Waals surface area contributed by atoms with Crippen molar-refractivity contribution < 1.29 is 4.79 Å². The van der Waals surface area contributed by atoms with Crippen molar-refractivity contribution in [3.8, 4) is 0 Å². The van der Waals surface area contributed by atoms with Crippen LogP contribution in [0.15, 0.2) is 47.4 Å². The van der Waals surface area contributed by atoms with Gasteiger partial charge >= 0.3 is 0 Å². The number of hydrogen-bond acceptors (Lipinski definition) is 4. The van der Waals surface area contributed by atoms with E-state index in [9.17, 15) is 9.59 Å². The van der Waals surface area contributed by atoms with Gasteiger partial charge in [0, 0.05) is 25.0 Å². The second kappa shape index (κ2) is 7.27. The van der Waals surface area contributed by atoms with Gasteiger partial charge in [-0.15, -0.1) is 0 Å². The molecule has 1 aromatic carbocycles. The number of nitrogens with one attached hydrogen (secondary N) is 3. The predicted octanol–water partition coefficient (Wildman–Crippen LogP) is 1.88. The average molecular weight is 336 g/mol. The largest absolute Gasteiger partial charge is 0.348 e. The van der Waals surface area contributed by atoms with Crippen LogP contribution in [0.1, 0.15) is 27.2 Å². The molecule has 0 bridgehead atoms. The second-order valence-corrected chi connectivity index (χ2v) is 5.86. The van der Waals surface area contributed by atoms with Crippen LogP contribution in [0.4, 0.5) is 0 Å². The summed E-state index contributed by atoms with van der Waals surface area (Å²) in [6.45, 7) is 2.93. The lowest BCUT2D eigenvalue weighted by molar-refractivity contribution is 0.0949. The highest BCUT2D eigenvalue weighted by molar-refractivity contribution is 5.96. The van der Waals surface area contributed by atoms with Crippen LogP contribution < -0.4 is 16.1 Å². The maximum atomic E-state index is 12.5. The highest BCUT2D eigenvalue weighted by atomic mass is 16.2. The van der Waals surface area contributed by atoms with Crippen LogP contribution in [-0.4, -0.2) is 22.9 Å². The fourth-order valence-corrected chi connectivity index (χ4v) is 2.73. The van der Waals surface area contributed by atoms with Gasteiger partial charge in [-0.05, 0) is 37.2 Å².